The molecule has 1 heteroatoms. The summed E-state index contributed by atoms with van der Waals surface area (Å²) in [5.74, 6) is 0.897. The minimum atomic E-state index is 0.360. The van der Waals surface area contributed by atoms with Crippen molar-refractivity contribution in [3.8, 4) is 0 Å². The van der Waals surface area contributed by atoms with Crippen LogP contribution in [0.15, 0.2) is 36.4 Å². The summed E-state index contributed by atoms with van der Waals surface area (Å²) in [6.07, 6.45) is 0. The first kappa shape index (κ1) is 10.3. The van der Waals surface area contributed by atoms with Crippen LogP contribution in [0, 0.1) is 6.92 Å². The number of benzene rings is 1. The summed E-state index contributed by atoms with van der Waals surface area (Å²) >= 11 is 5.75. The maximum absolute atomic E-state index is 5.75. The number of aryl methyl sites for hydroxylation is 1. The molecule has 0 nitrogen and oxygen atoms in total. The van der Waals surface area contributed by atoms with E-state index in [0.29, 0.717) is 11.8 Å². The molecule has 1 aromatic rings. The Labute approximate surface area is 85.2 Å². The molecule has 0 spiro atoms. The van der Waals surface area contributed by atoms with Crippen molar-refractivity contribution in [2.24, 2.45) is 0 Å². The normalized spacial score (nSPS) is 12.5. The molecule has 70 valence electrons. The van der Waals surface area contributed by atoms with E-state index in [1.807, 2.05) is 0 Å². The minimum Gasteiger partial charge on any atom is -0.122 e. The fourth-order valence-corrected chi connectivity index (χ4v) is 1.64. The molecule has 0 aliphatic heterocycles. The molecule has 0 aromatic heterocycles. The van der Waals surface area contributed by atoms with Gasteiger partial charge >= 0.3 is 0 Å². The van der Waals surface area contributed by atoms with Gasteiger partial charge in [0.15, 0.2) is 0 Å². The van der Waals surface area contributed by atoms with Gasteiger partial charge in [-0.05, 0) is 18.1 Å². The first-order chi connectivity index (χ1) is 6.16. The van der Waals surface area contributed by atoms with Crippen molar-refractivity contribution in [3.63, 3.8) is 0 Å². The molecule has 0 aliphatic carbocycles. The Bertz CT molecular complexity index is 302. The van der Waals surface area contributed by atoms with Crippen molar-refractivity contribution >= 4 is 11.6 Å². The van der Waals surface area contributed by atoms with Crippen molar-refractivity contribution < 1.29 is 0 Å². The summed E-state index contributed by atoms with van der Waals surface area (Å²) in [5, 5.41) is 0. The number of alkyl halides is 1. The van der Waals surface area contributed by atoms with Gasteiger partial charge in [-0.3, -0.25) is 0 Å². The molecule has 0 heterocycles. The van der Waals surface area contributed by atoms with Gasteiger partial charge < -0.3 is 0 Å². The third-order valence-corrected chi connectivity index (χ3v) is 2.78. The van der Waals surface area contributed by atoms with Crippen molar-refractivity contribution in [1.29, 1.82) is 0 Å². The van der Waals surface area contributed by atoms with Crippen LogP contribution >= 0.6 is 11.6 Å². The van der Waals surface area contributed by atoms with Gasteiger partial charge in [0.05, 0.1) is 0 Å². The van der Waals surface area contributed by atoms with E-state index in [2.05, 4.69) is 44.7 Å². The van der Waals surface area contributed by atoms with Gasteiger partial charge in [-0.15, -0.1) is 11.6 Å². The summed E-state index contributed by atoms with van der Waals surface area (Å²) in [5.41, 5.74) is 3.71. The van der Waals surface area contributed by atoms with Crippen LogP contribution in [0.4, 0.5) is 0 Å². The van der Waals surface area contributed by atoms with Crippen LogP contribution in [0.3, 0.4) is 0 Å². The smallest absolute Gasteiger partial charge is 0.0436 e. The average molecular weight is 195 g/mol. The molecule has 1 atom stereocenters. The molecule has 0 amide bonds. The number of hydrogen-bond acceptors (Lipinski definition) is 0. The first-order valence-corrected chi connectivity index (χ1v) is 4.99. The maximum atomic E-state index is 5.75. The van der Waals surface area contributed by atoms with Gasteiger partial charge in [0.2, 0.25) is 0 Å². The lowest BCUT2D eigenvalue weighted by atomic mass is 9.92. The summed E-state index contributed by atoms with van der Waals surface area (Å²) in [7, 11) is 0. The van der Waals surface area contributed by atoms with Crippen LogP contribution < -0.4 is 0 Å². The van der Waals surface area contributed by atoms with E-state index in [-0.39, 0.29) is 0 Å². The SMILES string of the molecule is C=C(CCl)C(C)c1ccccc1C. The molecule has 1 rings (SSSR count). The summed E-state index contributed by atoms with van der Waals surface area (Å²) in [6, 6.07) is 8.36. The Morgan fingerprint density at radius 3 is 2.62 bits per heavy atom. The second kappa shape index (κ2) is 4.48. The molecule has 1 unspecified atom stereocenters. The fourth-order valence-electron chi connectivity index (χ4n) is 1.41. The molecule has 0 saturated heterocycles. The van der Waals surface area contributed by atoms with Crippen molar-refractivity contribution in [2.75, 3.05) is 5.88 Å². The predicted octanol–water partition coefficient (Wildman–Crippen LogP) is 3.89. The van der Waals surface area contributed by atoms with Crippen molar-refractivity contribution in [2.45, 2.75) is 19.8 Å². The lowest BCUT2D eigenvalue weighted by Gasteiger charge is -2.15. The molecular formula is C12H15Cl. The summed E-state index contributed by atoms with van der Waals surface area (Å²) < 4.78 is 0. The zero-order valence-corrected chi connectivity index (χ0v) is 8.93. The van der Waals surface area contributed by atoms with Crippen LogP contribution in [-0.2, 0) is 0 Å². The van der Waals surface area contributed by atoms with E-state index in [0.717, 1.165) is 5.57 Å². The third-order valence-electron chi connectivity index (χ3n) is 2.44. The van der Waals surface area contributed by atoms with Gasteiger partial charge in [0, 0.05) is 11.8 Å². The summed E-state index contributed by atoms with van der Waals surface area (Å²) in [6.45, 7) is 8.22. The highest BCUT2D eigenvalue weighted by atomic mass is 35.5. The highest BCUT2D eigenvalue weighted by molar-refractivity contribution is 6.19. The van der Waals surface area contributed by atoms with Crippen molar-refractivity contribution in [3.05, 3.63) is 47.5 Å². The lowest BCUT2D eigenvalue weighted by molar-refractivity contribution is 0.890. The Morgan fingerprint density at radius 1 is 1.46 bits per heavy atom. The Hall–Kier alpha value is -0.750. The maximum Gasteiger partial charge on any atom is 0.0436 e. The molecule has 0 radical (unpaired) electrons. The third kappa shape index (κ3) is 2.35. The highest BCUT2D eigenvalue weighted by Gasteiger charge is 2.09. The fraction of sp³-hybridized carbons (Fsp3) is 0.333. The second-order valence-corrected chi connectivity index (χ2v) is 3.64. The van der Waals surface area contributed by atoms with Crippen LogP contribution in [0.5, 0.6) is 0 Å². The monoisotopic (exact) mass is 194 g/mol. The number of rotatable bonds is 3. The molecule has 0 N–H and O–H groups in total. The van der Waals surface area contributed by atoms with Gasteiger partial charge in [-0.1, -0.05) is 43.3 Å². The van der Waals surface area contributed by atoms with Gasteiger partial charge in [0.25, 0.3) is 0 Å². The first-order valence-electron chi connectivity index (χ1n) is 4.46. The molecular weight excluding hydrogens is 180 g/mol. The largest absolute Gasteiger partial charge is 0.122 e. The molecule has 0 fully saturated rings. The van der Waals surface area contributed by atoms with Crippen molar-refractivity contribution in [1.82, 2.24) is 0 Å². The standard InChI is InChI=1S/C12H15Cl/c1-9-6-4-5-7-12(9)11(3)10(2)8-13/h4-7,11H,2,8H2,1,3H3. The molecule has 0 aliphatic rings. The van der Waals surface area contributed by atoms with E-state index >= 15 is 0 Å². The number of allylic oxidation sites excluding steroid dienone is 1. The zero-order chi connectivity index (χ0) is 9.84. The topological polar surface area (TPSA) is 0 Å². The molecule has 1 aromatic carbocycles. The van der Waals surface area contributed by atoms with E-state index < -0.39 is 0 Å². The van der Waals surface area contributed by atoms with Gasteiger partial charge in [-0.2, -0.15) is 0 Å². The average Bonchev–Trinajstić information content (AvgIpc) is 2.16. The van der Waals surface area contributed by atoms with Gasteiger partial charge in [-0.25, -0.2) is 0 Å². The lowest BCUT2D eigenvalue weighted by Crippen LogP contribution is -2.00. The number of halogens is 1. The quantitative estimate of drug-likeness (QED) is 0.506. The predicted molar refractivity (Wildman–Crippen MR) is 59.5 cm³/mol. The van der Waals surface area contributed by atoms with E-state index in [1.54, 1.807) is 0 Å². The van der Waals surface area contributed by atoms with E-state index in [1.165, 1.54) is 11.1 Å². The van der Waals surface area contributed by atoms with Gasteiger partial charge in [0.1, 0.15) is 0 Å². The minimum absolute atomic E-state index is 0.360. The van der Waals surface area contributed by atoms with E-state index in [4.69, 9.17) is 11.6 Å². The Kier molecular flexibility index (Phi) is 3.56. The number of hydrogen-bond donors (Lipinski definition) is 0. The molecule has 0 saturated carbocycles. The van der Waals surface area contributed by atoms with Crippen LogP contribution in [0.1, 0.15) is 24.0 Å². The van der Waals surface area contributed by atoms with Crippen LogP contribution in [0.25, 0.3) is 0 Å². The van der Waals surface area contributed by atoms with E-state index in [9.17, 15) is 0 Å². The zero-order valence-electron chi connectivity index (χ0n) is 8.18. The highest BCUT2D eigenvalue weighted by Crippen LogP contribution is 2.25. The second-order valence-electron chi connectivity index (χ2n) is 3.37. The van der Waals surface area contributed by atoms with Crippen LogP contribution in [0.2, 0.25) is 0 Å². The van der Waals surface area contributed by atoms with Crippen LogP contribution in [-0.4, -0.2) is 5.88 Å². The Morgan fingerprint density at radius 2 is 2.08 bits per heavy atom. The Balaban J connectivity index is 2.95. The molecule has 0 bridgehead atoms. The molecule has 13 heavy (non-hydrogen) atoms. The summed E-state index contributed by atoms with van der Waals surface area (Å²) in [4.78, 5) is 0.